The first-order chi connectivity index (χ1) is 10.3. The summed E-state index contributed by atoms with van der Waals surface area (Å²) < 4.78 is 5.77. The van der Waals surface area contributed by atoms with Crippen molar-refractivity contribution < 1.29 is 9.53 Å². The van der Waals surface area contributed by atoms with Crippen molar-refractivity contribution in [2.45, 2.75) is 44.6 Å². The smallest absolute Gasteiger partial charge is 0.247 e. The fraction of sp³-hybridized carbons (Fsp3) is 0.588. The summed E-state index contributed by atoms with van der Waals surface area (Å²) >= 11 is 0. The first-order valence-electron chi connectivity index (χ1n) is 8.06. The van der Waals surface area contributed by atoms with E-state index in [9.17, 15) is 4.79 Å². The zero-order chi connectivity index (χ0) is 14.7. The van der Waals surface area contributed by atoms with E-state index in [-0.39, 0.29) is 11.4 Å². The highest BCUT2D eigenvalue weighted by Crippen LogP contribution is 2.35. The lowest BCUT2D eigenvalue weighted by atomic mass is 9.90. The molecule has 21 heavy (non-hydrogen) atoms. The van der Waals surface area contributed by atoms with E-state index < -0.39 is 0 Å². The molecule has 1 aromatic carbocycles. The predicted octanol–water partition coefficient (Wildman–Crippen LogP) is 2.72. The number of fused-ring (bicyclic) bond motifs is 1. The van der Waals surface area contributed by atoms with Gasteiger partial charge in [-0.3, -0.25) is 4.79 Å². The van der Waals surface area contributed by atoms with Crippen LogP contribution in [0.25, 0.3) is 0 Å². The van der Waals surface area contributed by atoms with Crippen molar-refractivity contribution >= 4 is 11.6 Å². The van der Waals surface area contributed by atoms with Gasteiger partial charge in [0.1, 0.15) is 5.75 Å². The van der Waals surface area contributed by atoms with E-state index in [0.717, 1.165) is 56.6 Å². The van der Waals surface area contributed by atoms with E-state index in [1.165, 1.54) is 0 Å². The summed E-state index contributed by atoms with van der Waals surface area (Å²) in [6.45, 7) is 4.50. The van der Waals surface area contributed by atoms with Gasteiger partial charge in [-0.05, 0) is 44.4 Å². The molecule has 0 aliphatic carbocycles. The SMILES string of the molecule is CCCC1(C(=O)N2CCCOc3ccccc32)CCCN1. The van der Waals surface area contributed by atoms with Crippen LogP contribution in [0, 0.1) is 0 Å². The molecule has 1 saturated heterocycles. The van der Waals surface area contributed by atoms with Gasteiger partial charge < -0.3 is 15.0 Å². The van der Waals surface area contributed by atoms with Crippen LogP contribution in [0.4, 0.5) is 5.69 Å². The van der Waals surface area contributed by atoms with Gasteiger partial charge in [0.25, 0.3) is 0 Å². The van der Waals surface area contributed by atoms with Gasteiger partial charge in [0.05, 0.1) is 17.8 Å². The van der Waals surface area contributed by atoms with Crippen molar-refractivity contribution in [3.63, 3.8) is 0 Å². The normalized spacial score (nSPS) is 25.1. The minimum atomic E-state index is -0.369. The molecule has 114 valence electrons. The topological polar surface area (TPSA) is 41.6 Å². The summed E-state index contributed by atoms with van der Waals surface area (Å²) in [5.74, 6) is 1.05. The lowest BCUT2D eigenvalue weighted by Crippen LogP contribution is -2.55. The Labute approximate surface area is 126 Å². The van der Waals surface area contributed by atoms with Crippen LogP contribution in [0.2, 0.25) is 0 Å². The molecule has 2 aliphatic heterocycles. The highest BCUT2D eigenvalue weighted by Gasteiger charge is 2.43. The first kappa shape index (κ1) is 14.4. The molecule has 0 spiro atoms. The zero-order valence-corrected chi connectivity index (χ0v) is 12.7. The Morgan fingerprint density at radius 2 is 2.24 bits per heavy atom. The summed E-state index contributed by atoms with van der Waals surface area (Å²) in [7, 11) is 0. The van der Waals surface area contributed by atoms with Crippen molar-refractivity contribution in [1.82, 2.24) is 5.32 Å². The molecule has 0 aromatic heterocycles. The summed E-state index contributed by atoms with van der Waals surface area (Å²) in [4.78, 5) is 15.2. The fourth-order valence-electron chi connectivity index (χ4n) is 3.53. The molecule has 1 amide bonds. The standard InChI is InChI=1S/C17H24N2O2/c1-2-9-17(10-5-11-18-17)16(20)19-12-6-13-21-15-8-4-3-7-14(15)19/h3-4,7-8,18H,2,5-6,9-13H2,1H3. The molecule has 4 heteroatoms. The predicted molar refractivity (Wildman–Crippen MR) is 83.8 cm³/mol. The number of amides is 1. The number of carbonyl (C=O) groups is 1. The molecule has 0 saturated carbocycles. The molecule has 1 fully saturated rings. The van der Waals surface area contributed by atoms with E-state index in [0.29, 0.717) is 6.61 Å². The molecular weight excluding hydrogens is 264 g/mol. The number of nitrogens with one attached hydrogen (secondary N) is 1. The van der Waals surface area contributed by atoms with Crippen LogP contribution in [-0.2, 0) is 4.79 Å². The Bertz CT molecular complexity index is 509. The first-order valence-corrected chi connectivity index (χ1v) is 8.06. The highest BCUT2D eigenvalue weighted by molar-refractivity contribution is 6.01. The van der Waals surface area contributed by atoms with E-state index in [1.807, 2.05) is 29.2 Å². The number of carbonyl (C=O) groups excluding carboxylic acids is 1. The molecule has 2 heterocycles. The lowest BCUT2D eigenvalue weighted by Gasteiger charge is -2.34. The van der Waals surface area contributed by atoms with Crippen LogP contribution >= 0.6 is 0 Å². The van der Waals surface area contributed by atoms with Gasteiger partial charge in [0, 0.05) is 6.54 Å². The molecule has 1 aromatic rings. The summed E-state index contributed by atoms with van der Waals surface area (Å²) in [6, 6.07) is 7.88. The highest BCUT2D eigenvalue weighted by atomic mass is 16.5. The molecule has 1 N–H and O–H groups in total. The van der Waals surface area contributed by atoms with Crippen LogP contribution in [0.1, 0.15) is 39.0 Å². The number of benzene rings is 1. The number of ether oxygens (including phenoxy) is 1. The second kappa shape index (κ2) is 6.06. The molecule has 1 unspecified atom stereocenters. The Kier molecular flexibility index (Phi) is 4.15. The molecule has 0 radical (unpaired) electrons. The number of rotatable bonds is 3. The average molecular weight is 288 g/mol. The maximum absolute atomic E-state index is 13.2. The number of anilines is 1. The Morgan fingerprint density at radius 3 is 3.00 bits per heavy atom. The average Bonchev–Trinajstić information content (AvgIpc) is 2.87. The quantitative estimate of drug-likeness (QED) is 0.930. The van der Waals surface area contributed by atoms with Crippen molar-refractivity contribution in [3.05, 3.63) is 24.3 Å². The zero-order valence-electron chi connectivity index (χ0n) is 12.7. The van der Waals surface area contributed by atoms with E-state index in [4.69, 9.17) is 4.74 Å². The molecule has 1 atom stereocenters. The number of para-hydroxylation sites is 2. The van der Waals surface area contributed by atoms with Crippen molar-refractivity contribution in [1.29, 1.82) is 0 Å². The molecule has 4 nitrogen and oxygen atoms in total. The number of hydrogen-bond donors (Lipinski definition) is 1. The molecule has 3 rings (SSSR count). The van der Waals surface area contributed by atoms with Crippen LogP contribution in [0.5, 0.6) is 5.75 Å². The third-order valence-electron chi connectivity index (χ3n) is 4.51. The Morgan fingerprint density at radius 1 is 1.38 bits per heavy atom. The van der Waals surface area contributed by atoms with Gasteiger partial charge in [-0.25, -0.2) is 0 Å². The van der Waals surface area contributed by atoms with Gasteiger partial charge in [0.2, 0.25) is 5.91 Å². The second-order valence-corrected chi connectivity index (χ2v) is 5.99. The van der Waals surface area contributed by atoms with Crippen LogP contribution in [-0.4, -0.2) is 31.1 Å². The van der Waals surface area contributed by atoms with Crippen LogP contribution in [0.15, 0.2) is 24.3 Å². The monoisotopic (exact) mass is 288 g/mol. The van der Waals surface area contributed by atoms with Gasteiger partial charge in [0.15, 0.2) is 0 Å². The fourth-order valence-corrected chi connectivity index (χ4v) is 3.53. The van der Waals surface area contributed by atoms with E-state index in [1.54, 1.807) is 0 Å². The van der Waals surface area contributed by atoms with E-state index >= 15 is 0 Å². The summed E-state index contributed by atoms with van der Waals surface area (Å²) in [6.07, 6.45) is 4.83. The van der Waals surface area contributed by atoms with Gasteiger partial charge in [-0.15, -0.1) is 0 Å². The van der Waals surface area contributed by atoms with Crippen molar-refractivity contribution in [2.24, 2.45) is 0 Å². The number of nitrogens with zero attached hydrogens (tertiary/aromatic N) is 1. The Hall–Kier alpha value is -1.55. The molecular formula is C17H24N2O2. The van der Waals surface area contributed by atoms with Gasteiger partial charge in [-0.2, -0.15) is 0 Å². The van der Waals surface area contributed by atoms with Crippen LogP contribution < -0.4 is 15.0 Å². The lowest BCUT2D eigenvalue weighted by molar-refractivity contribution is -0.124. The number of hydrogen-bond acceptors (Lipinski definition) is 3. The Balaban J connectivity index is 1.93. The minimum Gasteiger partial charge on any atom is -0.491 e. The molecule has 2 aliphatic rings. The third-order valence-corrected chi connectivity index (χ3v) is 4.51. The van der Waals surface area contributed by atoms with E-state index in [2.05, 4.69) is 12.2 Å². The van der Waals surface area contributed by atoms with Gasteiger partial charge >= 0.3 is 0 Å². The second-order valence-electron chi connectivity index (χ2n) is 5.99. The largest absolute Gasteiger partial charge is 0.491 e. The summed E-state index contributed by atoms with van der Waals surface area (Å²) in [5, 5.41) is 3.49. The molecule has 0 bridgehead atoms. The van der Waals surface area contributed by atoms with Crippen molar-refractivity contribution in [2.75, 3.05) is 24.6 Å². The summed E-state index contributed by atoms with van der Waals surface area (Å²) in [5.41, 5.74) is 0.552. The maximum atomic E-state index is 13.2. The third kappa shape index (κ3) is 2.64. The minimum absolute atomic E-state index is 0.222. The van der Waals surface area contributed by atoms with Crippen molar-refractivity contribution in [3.8, 4) is 5.75 Å². The maximum Gasteiger partial charge on any atom is 0.247 e. The van der Waals surface area contributed by atoms with Crippen LogP contribution in [0.3, 0.4) is 0 Å². The van der Waals surface area contributed by atoms with Gasteiger partial charge in [-0.1, -0.05) is 25.5 Å².